The number of aryl methyl sites for hydroxylation is 2. The minimum atomic E-state index is -0.180. The van der Waals surface area contributed by atoms with Crippen molar-refractivity contribution < 1.29 is 4.79 Å². The second-order valence-corrected chi connectivity index (χ2v) is 8.64. The summed E-state index contributed by atoms with van der Waals surface area (Å²) < 4.78 is 0. The number of hydrogen-bond donors (Lipinski definition) is 1. The van der Waals surface area contributed by atoms with Crippen LogP contribution in [0.4, 0.5) is 22.0 Å². The highest BCUT2D eigenvalue weighted by atomic mass is 16.2. The maximum Gasteiger partial charge on any atom is 0.327 e. The van der Waals surface area contributed by atoms with E-state index in [0.29, 0.717) is 5.82 Å². The van der Waals surface area contributed by atoms with Crippen molar-refractivity contribution in [1.82, 2.24) is 20.2 Å². The van der Waals surface area contributed by atoms with Gasteiger partial charge in [-0.05, 0) is 62.7 Å². The standard InChI is InChI=1S/C25H23N7O/c1-15-12-17(8-10-26-15)20-6-7-23-24(27-20)32(18-9-11-31(23)14-18)25(33)28-21-4-3-5-22-19(21)13-16(2)29-30-22/h3-8,10,12-13,18H,9,11,14H2,1-2H3,(H,28,33). The Hall–Kier alpha value is -4.07. The average molecular weight is 438 g/mol. The highest BCUT2D eigenvalue weighted by Crippen LogP contribution is 2.40. The summed E-state index contributed by atoms with van der Waals surface area (Å²) in [5, 5.41) is 12.4. The molecule has 5 heterocycles. The van der Waals surface area contributed by atoms with E-state index in [-0.39, 0.29) is 12.1 Å². The van der Waals surface area contributed by atoms with Crippen LogP contribution in [0.25, 0.3) is 22.2 Å². The van der Waals surface area contributed by atoms with E-state index >= 15 is 0 Å². The summed E-state index contributed by atoms with van der Waals surface area (Å²) in [7, 11) is 0. The van der Waals surface area contributed by atoms with Crippen molar-refractivity contribution in [2.45, 2.75) is 26.3 Å². The summed E-state index contributed by atoms with van der Waals surface area (Å²) >= 11 is 0. The molecule has 0 spiro atoms. The average Bonchev–Trinajstić information content (AvgIpc) is 3.23. The van der Waals surface area contributed by atoms with E-state index in [1.165, 1.54) is 0 Å². The Kier molecular flexibility index (Phi) is 4.46. The lowest BCUT2D eigenvalue weighted by atomic mass is 10.1. The zero-order valence-corrected chi connectivity index (χ0v) is 18.5. The van der Waals surface area contributed by atoms with Crippen LogP contribution in [0.2, 0.25) is 0 Å². The van der Waals surface area contributed by atoms with Crippen LogP contribution in [-0.4, -0.2) is 45.3 Å². The molecule has 2 bridgehead atoms. The summed E-state index contributed by atoms with van der Waals surface area (Å²) in [6.45, 7) is 5.59. The third kappa shape index (κ3) is 3.34. The van der Waals surface area contributed by atoms with Crippen molar-refractivity contribution in [2.75, 3.05) is 28.2 Å². The van der Waals surface area contributed by atoms with E-state index < -0.39 is 0 Å². The number of carbonyl (C=O) groups is 1. The third-order valence-corrected chi connectivity index (χ3v) is 6.36. The van der Waals surface area contributed by atoms with Gasteiger partial charge in [0.1, 0.15) is 0 Å². The summed E-state index contributed by atoms with van der Waals surface area (Å²) in [6, 6.07) is 15.6. The highest BCUT2D eigenvalue weighted by molar-refractivity contribution is 6.08. The molecule has 33 heavy (non-hydrogen) atoms. The molecule has 1 atom stereocenters. The predicted octanol–water partition coefficient (Wildman–Crippen LogP) is 4.33. The van der Waals surface area contributed by atoms with Gasteiger partial charge < -0.3 is 10.2 Å². The Labute approximate surface area is 191 Å². The molecule has 1 fully saturated rings. The lowest BCUT2D eigenvalue weighted by molar-refractivity contribution is 0.255. The van der Waals surface area contributed by atoms with Gasteiger partial charge in [0.2, 0.25) is 0 Å². The molecule has 2 aliphatic rings. The summed E-state index contributed by atoms with van der Waals surface area (Å²) in [4.78, 5) is 27.1. The molecule has 6 rings (SSSR count). The minimum absolute atomic E-state index is 0.0796. The van der Waals surface area contributed by atoms with E-state index in [9.17, 15) is 4.79 Å². The van der Waals surface area contributed by atoms with E-state index in [0.717, 1.165) is 64.4 Å². The first-order valence-electron chi connectivity index (χ1n) is 11.1. The Bertz CT molecular complexity index is 1400. The first kappa shape index (κ1) is 19.6. The van der Waals surface area contributed by atoms with Crippen molar-refractivity contribution in [1.29, 1.82) is 0 Å². The van der Waals surface area contributed by atoms with E-state index in [4.69, 9.17) is 4.98 Å². The van der Waals surface area contributed by atoms with Crippen molar-refractivity contribution in [2.24, 2.45) is 0 Å². The number of benzene rings is 1. The number of rotatable bonds is 2. The van der Waals surface area contributed by atoms with Crippen LogP contribution in [0, 0.1) is 13.8 Å². The number of anilines is 3. The fourth-order valence-electron chi connectivity index (χ4n) is 4.78. The normalized spacial score (nSPS) is 16.7. The van der Waals surface area contributed by atoms with Crippen molar-refractivity contribution in [3.63, 3.8) is 0 Å². The number of hydrogen-bond acceptors (Lipinski definition) is 6. The highest BCUT2D eigenvalue weighted by Gasteiger charge is 2.40. The zero-order chi connectivity index (χ0) is 22.5. The van der Waals surface area contributed by atoms with Crippen molar-refractivity contribution in [3.8, 4) is 11.3 Å². The van der Waals surface area contributed by atoms with Crippen LogP contribution in [0.1, 0.15) is 17.8 Å². The van der Waals surface area contributed by atoms with Gasteiger partial charge in [0, 0.05) is 35.9 Å². The Morgan fingerprint density at radius 2 is 1.97 bits per heavy atom. The van der Waals surface area contributed by atoms with Gasteiger partial charge in [-0.1, -0.05) is 6.07 Å². The zero-order valence-electron chi connectivity index (χ0n) is 18.5. The number of carbonyl (C=O) groups excluding carboxylic acids is 1. The number of nitrogens with one attached hydrogen (secondary N) is 1. The summed E-state index contributed by atoms with van der Waals surface area (Å²) in [5.74, 6) is 0.699. The Balaban J connectivity index is 1.40. The van der Waals surface area contributed by atoms with Crippen LogP contribution in [0.5, 0.6) is 0 Å². The second-order valence-electron chi connectivity index (χ2n) is 8.64. The smallest absolute Gasteiger partial charge is 0.327 e. The molecule has 1 unspecified atom stereocenters. The largest absolute Gasteiger partial charge is 0.366 e. The molecule has 3 aromatic heterocycles. The van der Waals surface area contributed by atoms with Gasteiger partial charge in [0.05, 0.1) is 34.3 Å². The van der Waals surface area contributed by atoms with Gasteiger partial charge in [-0.15, -0.1) is 0 Å². The number of fused-ring (bicyclic) bond motifs is 5. The van der Waals surface area contributed by atoms with Gasteiger partial charge >= 0.3 is 6.03 Å². The monoisotopic (exact) mass is 437 g/mol. The fraction of sp³-hybridized carbons (Fsp3) is 0.240. The maximum absolute atomic E-state index is 13.7. The molecular weight excluding hydrogens is 414 g/mol. The van der Waals surface area contributed by atoms with Crippen LogP contribution < -0.4 is 15.1 Å². The quantitative estimate of drug-likeness (QED) is 0.502. The first-order valence-corrected chi connectivity index (χ1v) is 11.1. The van der Waals surface area contributed by atoms with Gasteiger partial charge in [0.15, 0.2) is 5.82 Å². The molecule has 164 valence electrons. The molecule has 0 radical (unpaired) electrons. The molecule has 1 aromatic carbocycles. The SMILES string of the molecule is Cc1cc(-c2ccc3c(n2)N(C(=O)Nc2cccc4nnc(C)cc24)C2CCN3C2)ccn1. The molecule has 2 amide bonds. The van der Waals surface area contributed by atoms with Crippen molar-refractivity contribution in [3.05, 3.63) is 66.1 Å². The van der Waals surface area contributed by atoms with Gasteiger partial charge in [0.25, 0.3) is 0 Å². The van der Waals surface area contributed by atoms with Crippen molar-refractivity contribution >= 4 is 34.1 Å². The lowest BCUT2D eigenvalue weighted by Crippen LogP contribution is -2.48. The Morgan fingerprint density at radius 1 is 1.06 bits per heavy atom. The number of aromatic nitrogens is 4. The molecule has 0 aliphatic carbocycles. The first-order chi connectivity index (χ1) is 16.1. The van der Waals surface area contributed by atoms with E-state index in [1.54, 1.807) is 6.20 Å². The van der Waals surface area contributed by atoms with Crippen LogP contribution in [0.3, 0.4) is 0 Å². The molecule has 0 saturated carbocycles. The molecule has 8 nitrogen and oxygen atoms in total. The van der Waals surface area contributed by atoms with Crippen LogP contribution in [0.15, 0.2) is 54.7 Å². The lowest BCUT2D eigenvalue weighted by Gasteiger charge is -2.36. The number of urea groups is 1. The predicted molar refractivity (Wildman–Crippen MR) is 129 cm³/mol. The molecule has 1 N–H and O–H groups in total. The molecule has 8 heteroatoms. The topological polar surface area (TPSA) is 87.1 Å². The van der Waals surface area contributed by atoms with E-state index in [2.05, 4.69) is 31.5 Å². The minimum Gasteiger partial charge on any atom is -0.366 e. The Morgan fingerprint density at radius 3 is 2.85 bits per heavy atom. The van der Waals surface area contributed by atoms with E-state index in [1.807, 2.05) is 61.2 Å². The molecular formula is C25H23N7O. The third-order valence-electron chi connectivity index (χ3n) is 6.36. The molecule has 1 saturated heterocycles. The van der Waals surface area contributed by atoms with Gasteiger partial charge in [-0.2, -0.15) is 10.2 Å². The van der Waals surface area contributed by atoms with Crippen LogP contribution >= 0.6 is 0 Å². The summed E-state index contributed by atoms with van der Waals surface area (Å²) in [6.07, 6.45) is 2.70. The second kappa shape index (κ2) is 7.51. The number of nitrogens with zero attached hydrogens (tertiary/aromatic N) is 6. The summed E-state index contributed by atoms with van der Waals surface area (Å²) in [5.41, 5.74) is 6.01. The van der Waals surface area contributed by atoms with Crippen LogP contribution in [-0.2, 0) is 0 Å². The molecule has 2 aliphatic heterocycles. The van der Waals surface area contributed by atoms with Gasteiger partial charge in [-0.3, -0.25) is 9.88 Å². The maximum atomic E-state index is 13.7. The van der Waals surface area contributed by atoms with Gasteiger partial charge in [-0.25, -0.2) is 9.78 Å². The number of amides is 2. The fourth-order valence-corrected chi connectivity index (χ4v) is 4.78. The number of pyridine rings is 2. The molecule has 4 aromatic rings.